The number of nitriles is 1. The van der Waals surface area contributed by atoms with E-state index in [0.29, 0.717) is 18.1 Å². The van der Waals surface area contributed by atoms with Crippen LogP contribution in [0.15, 0.2) is 54.9 Å². The van der Waals surface area contributed by atoms with Crippen LogP contribution in [0.4, 0.5) is 5.82 Å². The molecule has 1 N–H and O–H groups in total. The minimum atomic E-state index is 0.390. The maximum absolute atomic E-state index is 9.10. The molecule has 3 heterocycles. The van der Waals surface area contributed by atoms with Crippen LogP contribution in [0.25, 0.3) is 22.9 Å². The lowest BCUT2D eigenvalue weighted by atomic mass is 9.96. The van der Waals surface area contributed by atoms with E-state index in [0.717, 1.165) is 83.5 Å². The van der Waals surface area contributed by atoms with E-state index in [1.165, 1.54) is 5.57 Å². The van der Waals surface area contributed by atoms with E-state index in [-0.39, 0.29) is 0 Å². The number of ether oxygens (including phenoxy) is 1. The predicted molar refractivity (Wildman–Crippen MR) is 149 cm³/mol. The third-order valence-electron chi connectivity index (χ3n) is 7.53. The summed E-state index contributed by atoms with van der Waals surface area (Å²) in [7, 11) is 0. The van der Waals surface area contributed by atoms with Crippen LogP contribution < -0.4 is 9.64 Å². The Morgan fingerprint density at radius 3 is 2.47 bits per heavy atom. The van der Waals surface area contributed by atoms with E-state index in [9.17, 15) is 0 Å². The Labute approximate surface area is 222 Å². The molecule has 6 rings (SSSR count). The molecule has 0 bridgehead atoms. The Balaban J connectivity index is 1.16. The topological polar surface area (TPSA) is 90.7 Å². The van der Waals surface area contributed by atoms with Crippen LogP contribution in [0.3, 0.4) is 0 Å². The summed E-state index contributed by atoms with van der Waals surface area (Å²) in [6, 6.07) is 18.1. The summed E-state index contributed by atoms with van der Waals surface area (Å²) in [6.45, 7) is 6.60. The fourth-order valence-corrected chi connectivity index (χ4v) is 5.51. The first-order chi connectivity index (χ1) is 18.6. The zero-order valence-corrected chi connectivity index (χ0v) is 21.7. The molecule has 0 unspecified atom stereocenters. The van der Waals surface area contributed by atoms with Crippen LogP contribution >= 0.6 is 0 Å². The van der Waals surface area contributed by atoms with Gasteiger partial charge >= 0.3 is 0 Å². The number of rotatable bonds is 6. The molecule has 0 atom stereocenters. The van der Waals surface area contributed by atoms with E-state index in [1.807, 2.05) is 43.3 Å². The Morgan fingerprint density at radius 2 is 1.76 bits per heavy atom. The number of aromatic amines is 1. The van der Waals surface area contributed by atoms with Crippen molar-refractivity contribution < 1.29 is 4.74 Å². The zero-order chi connectivity index (χ0) is 26.1. The molecule has 7 nitrogen and oxygen atoms in total. The molecule has 4 aromatic rings. The average molecular weight is 503 g/mol. The number of aryl methyl sites for hydroxylation is 1. The molecule has 2 aromatic heterocycles. The van der Waals surface area contributed by atoms with Gasteiger partial charge in [0.1, 0.15) is 23.7 Å². The average Bonchev–Trinajstić information content (AvgIpc) is 3.58. The number of piperidine rings is 1. The van der Waals surface area contributed by atoms with Crippen LogP contribution in [0.2, 0.25) is 0 Å². The second-order valence-electron chi connectivity index (χ2n) is 9.91. The summed E-state index contributed by atoms with van der Waals surface area (Å²) in [6.07, 6.45) is 6.72. The van der Waals surface area contributed by atoms with Crippen molar-refractivity contribution in [1.82, 2.24) is 19.9 Å². The van der Waals surface area contributed by atoms with Gasteiger partial charge in [0.25, 0.3) is 0 Å². The quantitative estimate of drug-likeness (QED) is 0.352. The number of benzene rings is 2. The van der Waals surface area contributed by atoms with Gasteiger partial charge in [-0.25, -0.2) is 15.0 Å². The minimum absolute atomic E-state index is 0.390. The van der Waals surface area contributed by atoms with Crippen molar-refractivity contribution in [3.05, 3.63) is 88.8 Å². The second-order valence-corrected chi connectivity index (χ2v) is 9.91. The molecule has 38 heavy (non-hydrogen) atoms. The number of allylic oxidation sites excluding steroid dienone is 1. The highest BCUT2D eigenvalue weighted by Crippen LogP contribution is 2.37. The van der Waals surface area contributed by atoms with Crippen LogP contribution in [0, 0.1) is 18.3 Å². The first kappa shape index (κ1) is 23.9. The lowest BCUT2D eigenvalue weighted by molar-refractivity contribution is 0.340. The number of fused-ring (bicyclic) bond motifs is 1. The van der Waals surface area contributed by atoms with Gasteiger partial charge in [-0.15, -0.1) is 0 Å². The molecule has 0 amide bonds. The van der Waals surface area contributed by atoms with Crippen molar-refractivity contribution in [3.8, 4) is 23.1 Å². The van der Waals surface area contributed by atoms with Crippen LogP contribution in [0.1, 0.15) is 59.6 Å². The number of imidazole rings is 1. The normalized spacial score (nSPS) is 15.2. The molecule has 1 aliphatic carbocycles. The van der Waals surface area contributed by atoms with Gasteiger partial charge in [-0.1, -0.05) is 12.1 Å². The molecule has 2 aromatic carbocycles. The summed E-state index contributed by atoms with van der Waals surface area (Å²) in [4.78, 5) is 20.3. The number of aromatic nitrogens is 4. The second kappa shape index (κ2) is 10.1. The third-order valence-corrected chi connectivity index (χ3v) is 7.53. The largest absolute Gasteiger partial charge is 0.494 e. The van der Waals surface area contributed by atoms with Crippen LogP contribution in [-0.4, -0.2) is 39.6 Å². The highest BCUT2D eigenvalue weighted by Gasteiger charge is 2.28. The molecule has 1 fully saturated rings. The highest BCUT2D eigenvalue weighted by atomic mass is 16.5. The Morgan fingerprint density at radius 1 is 1.03 bits per heavy atom. The Kier molecular flexibility index (Phi) is 6.38. The molecule has 0 radical (unpaired) electrons. The molecule has 2 aliphatic rings. The molecule has 1 saturated heterocycles. The van der Waals surface area contributed by atoms with Crippen LogP contribution in [-0.2, 0) is 6.42 Å². The maximum Gasteiger partial charge on any atom is 0.139 e. The van der Waals surface area contributed by atoms with Gasteiger partial charge in [0.15, 0.2) is 0 Å². The smallest absolute Gasteiger partial charge is 0.139 e. The molecule has 7 heteroatoms. The van der Waals surface area contributed by atoms with E-state index in [4.69, 9.17) is 20.0 Å². The van der Waals surface area contributed by atoms with Gasteiger partial charge in [0.05, 0.1) is 29.6 Å². The monoisotopic (exact) mass is 502 g/mol. The molecular formula is C31H30N6O. The van der Waals surface area contributed by atoms with Gasteiger partial charge < -0.3 is 14.6 Å². The molecular weight excluding hydrogens is 472 g/mol. The summed E-state index contributed by atoms with van der Waals surface area (Å²) in [5.74, 6) is 3.36. The van der Waals surface area contributed by atoms with E-state index in [1.54, 1.807) is 6.33 Å². The van der Waals surface area contributed by atoms with Crippen molar-refractivity contribution in [2.75, 3.05) is 24.6 Å². The van der Waals surface area contributed by atoms with Gasteiger partial charge in [0, 0.05) is 42.2 Å². The van der Waals surface area contributed by atoms with Gasteiger partial charge in [-0.2, -0.15) is 5.26 Å². The standard InChI is InChI=1S/C31H30N6O/c1-3-38-26-10-8-23(9-11-26)29-20(2)35-30(36-29)24-12-14-37(15-13-24)31-27-16-25(17-28(27)33-19-34-31)22-6-4-21(18-32)5-7-22/h4-11,16,19,24H,3,12-15,17H2,1-2H3,(H,35,36). The minimum Gasteiger partial charge on any atom is -0.494 e. The van der Waals surface area contributed by atoms with Gasteiger partial charge in [-0.3, -0.25) is 0 Å². The molecule has 0 spiro atoms. The van der Waals surface area contributed by atoms with Crippen molar-refractivity contribution in [1.29, 1.82) is 5.26 Å². The third kappa shape index (κ3) is 4.54. The van der Waals surface area contributed by atoms with Crippen LogP contribution in [0.5, 0.6) is 5.75 Å². The fourth-order valence-electron chi connectivity index (χ4n) is 5.51. The van der Waals surface area contributed by atoms with Crippen molar-refractivity contribution >= 4 is 17.5 Å². The molecule has 1 aliphatic heterocycles. The van der Waals surface area contributed by atoms with Crippen molar-refractivity contribution in [3.63, 3.8) is 0 Å². The summed E-state index contributed by atoms with van der Waals surface area (Å²) >= 11 is 0. The zero-order valence-electron chi connectivity index (χ0n) is 21.7. The lowest BCUT2D eigenvalue weighted by Crippen LogP contribution is -2.34. The van der Waals surface area contributed by atoms with Crippen molar-refractivity contribution in [2.24, 2.45) is 0 Å². The van der Waals surface area contributed by atoms with Gasteiger partial charge in [0.2, 0.25) is 0 Å². The summed E-state index contributed by atoms with van der Waals surface area (Å²) < 4.78 is 5.58. The number of hydrogen-bond donors (Lipinski definition) is 1. The molecule has 0 saturated carbocycles. The summed E-state index contributed by atoms with van der Waals surface area (Å²) in [5, 5.41) is 9.10. The van der Waals surface area contributed by atoms with E-state index in [2.05, 4.69) is 46.1 Å². The lowest BCUT2D eigenvalue weighted by Gasteiger charge is -2.32. The summed E-state index contributed by atoms with van der Waals surface area (Å²) in [5.41, 5.74) is 8.42. The SMILES string of the molecule is CCOc1ccc(-c2nc(C3CCN(c4ncnc5c4C=C(c4ccc(C#N)cc4)C5)CC3)[nH]c2C)cc1. The highest BCUT2D eigenvalue weighted by molar-refractivity contribution is 5.91. The Bertz CT molecular complexity index is 1520. The van der Waals surface area contributed by atoms with Crippen molar-refractivity contribution in [2.45, 2.75) is 39.0 Å². The number of anilines is 1. The number of hydrogen-bond acceptors (Lipinski definition) is 6. The number of H-pyrrole nitrogens is 1. The first-order valence-corrected chi connectivity index (χ1v) is 13.2. The maximum atomic E-state index is 9.10. The predicted octanol–water partition coefficient (Wildman–Crippen LogP) is 5.93. The fraction of sp³-hybridized carbons (Fsp3) is 0.290. The Hall–Kier alpha value is -4.44. The number of nitrogens with one attached hydrogen (secondary N) is 1. The molecule has 190 valence electrons. The van der Waals surface area contributed by atoms with E-state index >= 15 is 0 Å². The number of nitrogens with zero attached hydrogens (tertiary/aromatic N) is 5. The first-order valence-electron chi connectivity index (χ1n) is 13.2. The van der Waals surface area contributed by atoms with Gasteiger partial charge in [-0.05, 0) is 80.3 Å². The van der Waals surface area contributed by atoms with E-state index < -0.39 is 0 Å².